The van der Waals surface area contributed by atoms with Crippen LogP contribution in [-0.2, 0) is 35.1 Å². The van der Waals surface area contributed by atoms with Crippen molar-refractivity contribution < 1.29 is 33.3 Å². The average molecular weight is 909 g/mol. The van der Waals surface area contributed by atoms with Crippen molar-refractivity contribution in [3.63, 3.8) is 0 Å². The first-order chi connectivity index (χ1) is 31.1. The molecule has 0 N–H and O–H groups in total. The van der Waals surface area contributed by atoms with Crippen molar-refractivity contribution in [2.24, 2.45) is 0 Å². The number of hydrogen-bond acceptors (Lipinski definition) is 11. The number of carbonyl (C=O) groups excluding carboxylic acids is 3. The topological polar surface area (TPSA) is 101 Å². The van der Waals surface area contributed by atoms with Gasteiger partial charge in [0, 0.05) is 51.4 Å². The Balaban J connectivity index is 1.31. The molecule has 362 valence electrons. The average Bonchev–Trinajstić information content (AvgIpc) is 3.30. The predicted octanol–water partition coefficient (Wildman–Crippen LogP) is 9.60. The quantitative estimate of drug-likeness (QED) is 0.0595. The number of ether oxygens (including phenoxy) is 4. The van der Waals surface area contributed by atoms with E-state index >= 15 is 0 Å². The summed E-state index contributed by atoms with van der Waals surface area (Å²) in [6.07, 6.45) is 8.95. The number of nitrogens with zero attached hydrogens (tertiary/aromatic N) is 4. The summed E-state index contributed by atoms with van der Waals surface area (Å²) in [5.74, 6) is 0.189. The summed E-state index contributed by atoms with van der Waals surface area (Å²) >= 11 is 0. The first-order valence-electron chi connectivity index (χ1n) is 24.3. The molecule has 3 aromatic rings. The molecule has 2 aliphatic heterocycles. The van der Waals surface area contributed by atoms with E-state index in [1.807, 2.05) is 68.4 Å². The molecule has 2 heterocycles. The fraction of sp³-hybridized carbons (Fsp3) is 0.582. The zero-order valence-corrected chi connectivity index (χ0v) is 42.2. The van der Waals surface area contributed by atoms with E-state index in [1.165, 1.54) is 16.7 Å². The normalized spacial score (nSPS) is 17.8. The van der Waals surface area contributed by atoms with Crippen LogP contribution in [-0.4, -0.2) is 132 Å². The summed E-state index contributed by atoms with van der Waals surface area (Å²) in [5.41, 5.74) is 6.44. The maximum absolute atomic E-state index is 13.5. The number of hydrogen-bond donors (Lipinski definition) is 0. The first-order valence-corrected chi connectivity index (χ1v) is 24.3. The van der Waals surface area contributed by atoms with Gasteiger partial charge in [0.15, 0.2) is 0 Å². The predicted molar refractivity (Wildman–Crippen MR) is 266 cm³/mol. The lowest BCUT2D eigenvalue weighted by Crippen LogP contribution is -2.46. The molecule has 3 aromatic carbocycles. The van der Waals surface area contributed by atoms with Crippen molar-refractivity contribution in [1.29, 1.82) is 0 Å². The zero-order valence-electron chi connectivity index (χ0n) is 42.2. The van der Waals surface area contributed by atoms with Gasteiger partial charge in [-0.2, -0.15) is 0 Å². The van der Waals surface area contributed by atoms with Gasteiger partial charge < -0.3 is 23.8 Å². The molecule has 66 heavy (non-hydrogen) atoms. The highest BCUT2D eigenvalue weighted by Crippen LogP contribution is 2.32. The molecule has 0 bridgehead atoms. The second-order valence-corrected chi connectivity index (χ2v) is 21.2. The van der Waals surface area contributed by atoms with Crippen LogP contribution in [0, 0.1) is 13.8 Å². The molecule has 2 saturated heterocycles. The summed E-state index contributed by atoms with van der Waals surface area (Å²) in [5, 5.41) is 0. The fourth-order valence-electron chi connectivity index (χ4n) is 8.64. The van der Waals surface area contributed by atoms with Gasteiger partial charge in [-0.15, -0.1) is 0 Å². The third-order valence-electron chi connectivity index (χ3n) is 11.9. The number of benzene rings is 3. The van der Waals surface area contributed by atoms with Crippen molar-refractivity contribution in [3.8, 4) is 16.9 Å². The van der Waals surface area contributed by atoms with Gasteiger partial charge in [0.2, 0.25) is 0 Å². The molecular weight excluding hydrogens is 829 g/mol. The van der Waals surface area contributed by atoms with E-state index < -0.39 is 16.8 Å². The minimum atomic E-state index is -0.560. The van der Waals surface area contributed by atoms with Crippen LogP contribution in [0.1, 0.15) is 122 Å². The lowest BCUT2D eigenvalue weighted by Gasteiger charge is -2.36. The summed E-state index contributed by atoms with van der Waals surface area (Å²) in [6.45, 7) is 29.0. The van der Waals surface area contributed by atoms with E-state index in [4.69, 9.17) is 18.9 Å². The molecule has 0 unspecified atom stereocenters. The van der Waals surface area contributed by atoms with E-state index in [9.17, 15) is 14.4 Å². The van der Waals surface area contributed by atoms with Crippen LogP contribution in [0.15, 0.2) is 60.7 Å². The van der Waals surface area contributed by atoms with Crippen LogP contribution in [0.4, 0.5) is 0 Å². The van der Waals surface area contributed by atoms with Gasteiger partial charge in [-0.25, -0.2) is 0 Å². The SMILES string of the molecule is Cc1cc(CN2CCCC[C@H]2C(=O)OC(C)(C)C)c(OCCCCN2CCN(CC(=O)OC(C)(C)C)CCN(CC(=O)OC(C)(C)C)CC2)cc1/C=C/c1cccc(-c2ccccc2)c1C. The molecule has 0 aromatic heterocycles. The Labute approximate surface area is 396 Å². The number of unbranched alkanes of at least 4 members (excludes halogenated alkanes) is 1. The highest BCUT2D eigenvalue weighted by atomic mass is 16.6. The molecule has 0 amide bonds. The van der Waals surface area contributed by atoms with E-state index in [2.05, 4.69) is 100 Å². The molecular formula is C55H80N4O7. The standard InChI is InChI=1S/C55H80N4O7/c1-41-36-46(38-59-28-16-15-24-48(59)52(62)66-55(9,10)11)49(37-45(41)26-25-43-22-19-23-47(42(43)2)44-20-13-12-14-21-44)63-35-18-17-27-56-29-31-57(39-50(60)64-53(3,4)5)33-34-58(32-30-56)40-51(61)65-54(6,7)8/h12-14,19-23,25-26,36-37,48H,15-18,24,27-35,38-40H2,1-11H3/b26-25+/t48-/m0/s1. The van der Waals surface area contributed by atoms with E-state index in [0.29, 0.717) is 26.2 Å². The molecule has 11 nitrogen and oxygen atoms in total. The number of carbonyl (C=O) groups is 3. The van der Waals surface area contributed by atoms with E-state index in [1.54, 1.807) is 0 Å². The van der Waals surface area contributed by atoms with Gasteiger partial charge in [-0.05, 0) is 154 Å². The first kappa shape index (κ1) is 52.4. The zero-order chi connectivity index (χ0) is 48.1. The Hall–Kier alpha value is -4.55. The van der Waals surface area contributed by atoms with E-state index in [0.717, 1.165) is 99.4 Å². The van der Waals surface area contributed by atoms with Crippen molar-refractivity contribution in [1.82, 2.24) is 19.6 Å². The van der Waals surface area contributed by atoms with Crippen molar-refractivity contribution in [2.45, 2.75) is 138 Å². The van der Waals surface area contributed by atoms with Crippen molar-refractivity contribution in [3.05, 3.63) is 88.5 Å². The third-order valence-corrected chi connectivity index (χ3v) is 11.9. The Morgan fingerprint density at radius 2 is 1.21 bits per heavy atom. The third kappa shape index (κ3) is 17.6. The summed E-state index contributed by atoms with van der Waals surface area (Å²) in [4.78, 5) is 48.3. The number of esters is 3. The lowest BCUT2D eigenvalue weighted by atomic mass is 9.95. The second kappa shape index (κ2) is 23.9. The van der Waals surface area contributed by atoms with Gasteiger partial charge >= 0.3 is 17.9 Å². The monoisotopic (exact) mass is 909 g/mol. The number of rotatable bonds is 16. The maximum atomic E-state index is 13.5. The number of likely N-dealkylation sites (tertiary alicyclic amines) is 1. The highest BCUT2D eigenvalue weighted by Gasteiger charge is 2.33. The van der Waals surface area contributed by atoms with Crippen LogP contribution in [0.2, 0.25) is 0 Å². The largest absolute Gasteiger partial charge is 0.493 e. The number of piperidine rings is 1. The second-order valence-electron chi connectivity index (χ2n) is 21.2. The summed E-state index contributed by atoms with van der Waals surface area (Å²) in [6, 6.07) is 21.1. The molecule has 11 heteroatoms. The van der Waals surface area contributed by atoms with Gasteiger partial charge in [0.25, 0.3) is 0 Å². The number of aryl methyl sites for hydroxylation is 1. The summed E-state index contributed by atoms with van der Waals surface area (Å²) < 4.78 is 24.0. The van der Waals surface area contributed by atoms with Crippen LogP contribution in [0.25, 0.3) is 23.3 Å². The maximum Gasteiger partial charge on any atom is 0.323 e. The molecule has 2 aliphatic rings. The van der Waals surface area contributed by atoms with E-state index in [-0.39, 0.29) is 37.0 Å². The molecule has 0 aliphatic carbocycles. The minimum Gasteiger partial charge on any atom is -0.493 e. The Morgan fingerprint density at radius 1 is 0.636 bits per heavy atom. The van der Waals surface area contributed by atoms with Gasteiger partial charge in [0.1, 0.15) is 28.6 Å². The smallest absolute Gasteiger partial charge is 0.323 e. The Bertz CT molecular complexity index is 2040. The highest BCUT2D eigenvalue weighted by molar-refractivity contribution is 5.79. The van der Waals surface area contributed by atoms with Gasteiger partial charge in [0.05, 0.1) is 19.7 Å². The van der Waals surface area contributed by atoms with Gasteiger partial charge in [-0.3, -0.25) is 29.1 Å². The van der Waals surface area contributed by atoms with Gasteiger partial charge in [-0.1, -0.05) is 73.2 Å². The lowest BCUT2D eigenvalue weighted by molar-refractivity contribution is -0.163. The molecule has 2 fully saturated rings. The minimum absolute atomic E-state index is 0.158. The van der Waals surface area contributed by atoms with Crippen LogP contribution < -0.4 is 4.74 Å². The molecule has 0 radical (unpaired) electrons. The van der Waals surface area contributed by atoms with Crippen LogP contribution in [0.5, 0.6) is 5.75 Å². The fourth-order valence-corrected chi connectivity index (χ4v) is 8.64. The van der Waals surface area contributed by atoms with Crippen LogP contribution >= 0.6 is 0 Å². The molecule has 5 rings (SSSR count). The molecule has 0 saturated carbocycles. The Morgan fingerprint density at radius 3 is 1.80 bits per heavy atom. The van der Waals surface area contributed by atoms with Crippen molar-refractivity contribution >= 4 is 30.1 Å². The van der Waals surface area contributed by atoms with Crippen LogP contribution in [0.3, 0.4) is 0 Å². The molecule has 0 spiro atoms. The Kier molecular flexibility index (Phi) is 19.0. The van der Waals surface area contributed by atoms with Crippen molar-refractivity contribution in [2.75, 3.05) is 72.1 Å². The molecule has 1 atom stereocenters. The summed E-state index contributed by atoms with van der Waals surface area (Å²) in [7, 11) is 0.